The Morgan fingerprint density at radius 2 is 1.90 bits per heavy atom. The van der Waals surface area contributed by atoms with Gasteiger partial charge in [-0.25, -0.2) is 13.6 Å². The lowest BCUT2D eigenvalue weighted by molar-refractivity contribution is -0.0754. The number of hydrogen-bond acceptors (Lipinski definition) is 4. The van der Waals surface area contributed by atoms with Crippen LogP contribution in [0.4, 0.5) is 0 Å². The van der Waals surface area contributed by atoms with Crippen molar-refractivity contribution >= 4 is 10.0 Å². The van der Waals surface area contributed by atoms with Crippen LogP contribution < -0.4 is 10.5 Å². The largest absolute Gasteiger partial charge is 0.392 e. The van der Waals surface area contributed by atoms with E-state index in [1.165, 1.54) is 12.1 Å². The summed E-state index contributed by atoms with van der Waals surface area (Å²) < 4.78 is 22.4. The van der Waals surface area contributed by atoms with E-state index in [1.54, 1.807) is 12.1 Å². The summed E-state index contributed by atoms with van der Waals surface area (Å²) in [6, 6.07) is 6.90. The molecule has 0 spiro atoms. The van der Waals surface area contributed by atoms with E-state index >= 15 is 0 Å². The average Bonchev–Trinajstić information content (AvgIpc) is 2.37. The normalized spacial score (nSPS) is 26.9. The highest BCUT2D eigenvalue weighted by Crippen LogP contribution is 2.41. The van der Waals surface area contributed by atoms with Crippen LogP contribution in [0.1, 0.15) is 38.8 Å². The highest BCUT2D eigenvalue weighted by atomic mass is 32.2. The van der Waals surface area contributed by atoms with Gasteiger partial charge in [0.05, 0.1) is 11.0 Å². The lowest BCUT2D eigenvalue weighted by Gasteiger charge is -2.50. The second kappa shape index (κ2) is 5.11. The molecule has 1 aliphatic carbocycles. The molecule has 0 aliphatic heterocycles. The predicted molar refractivity (Wildman–Crippen MR) is 77.6 cm³/mol. The summed E-state index contributed by atoms with van der Waals surface area (Å²) >= 11 is 0. The quantitative estimate of drug-likeness (QED) is 0.777. The van der Waals surface area contributed by atoms with Gasteiger partial charge in [-0.05, 0) is 31.0 Å². The van der Waals surface area contributed by atoms with Gasteiger partial charge in [0.25, 0.3) is 0 Å². The molecule has 3 atom stereocenters. The zero-order valence-corrected chi connectivity index (χ0v) is 12.8. The first-order valence-corrected chi connectivity index (χ1v) is 8.24. The Labute approximate surface area is 120 Å². The Kier molecular flexibility index (Phi) is 3.94. The van der Waals surface area contributed by atoms with Gasteiger partial charge in [-0.3, -0.25) is 0 Å². The molecule has 1 saturated carbocycles. The van der Waals surface area contributed by atoms with Gasteiger partial charge >= 0.3 is 0 Å². The van der Waals surface area contributed by atoms with Gasteiger partial charge in [0.15, 0.2) is 0 Å². The van der Waals surface area contributed by atoms with E-state index in [1.807, 2.05) is 20.8 Å². The minimum absolute atomic E-state index is 0.0845. The van der Waals surface area contributed by atoms with Crippen LogP contribution in [0.5, 0.6) is 0 Å². The minimum atomic E-state index is -3.64. The Hall–Kier alpha value is -0.950. The molecule has 0 amide bonds. The second-order valence-corrected chi connectivity index (χ2v) is 7.69. The molecule has 0 saturated heterocycles. The molecule has 0 heterocycles. The molecule has 4 N–H and O–H groups in total. The highest BCUT2D eigenvalue weighted by Gasteiger charge is 2.47. The van der Waals surface area contributed by atoms with Crippen molar-refractivity contribution < 1.29 is 13.5 Å². The van der Waals surface area contributed by atoms with Gasteiger partial charge in [0, 0.05) is 17.5 Å². The molecule has 2 rings (SSSR count). The maximum Gasteiger partial charge on any atom is 0.238 e. The van der Waals surface area contributed by atoms with Gasteiger partial charge in [-0.2, -0.15) is 0 Å². The summed E-state index contributed by atoms with van der Waals surface area (Å²) in [7, 11) is -3.64. The first-order valence-electron chi connectivity index (χ1n) is 6.69. The molecule has 1 aromatic carbocycles. The van der Waals surface area contributed by atoms with Gasteiger partial charge in [0.1, 0.15) is 0 Å². The lowest BCUT2D eigenvalue weighted by Crippen LogP contribution is -2.60. The maximum atomic E-state index is 11.2. The van der Waals surface area contributed by atoms with Crippen molar-refractivity contribution in [3.8, 4) is 0 Å². The van der Waals surface area contributed by atoms with Gasteiger partial charge in [0.2, 0.25) is 10.0 Å². The number of benzene rings is 1. The van der Waals surface area contributed by atoms with E-state index < -0.39 is 10.0 Å². The smallest absolute Gasteiger partial charge is 0.238 e. The van der Waals surface area contributed by atoms with Crippen LogP contribution in [0.2, 0.25) is 0 Å². The fraction of sp³-hybridized carbons (Fsp3) is 0.571. The number of aliphatic hydroxyl groups excluding tert-OH is 1. The van der Waals surface area contributed by atoms with Gasteiger partial charge in [-0.15, -0.1) is 0 Å². The predicted octanol–water partition coefficient (Wildman–Crippen LogP) is 1.14. The third kappa shape index (κ3) is 2.88. The molecule has 3 unspecified atom stereocenters. The van der Waals surface area contributed by atoms with E-state index in [0.29, 0.717) is 0 Å². The molecule has 0 aromatic heterocycles. The summed E-state index contributed by atoms with van der Waals surface area (Å²) in [5.41, 5.74) is 0.865. The maximum absolute atomic E-state index is 11.2. The zero-order valence-electron chi connectivity index (χ0n) is 12.0. The van der Waals surface area contributed by atoms with Crippen LogP contribution in [0.15, 0.2) is 29.2 Å². The van der Waals surface area contributed by atoms with Gasteiger partial charge in [-0.1, -0.05) is 26.0 Å². The number of rotatable bonds is 4. The number of primary sulfonamides is 1. The van der Waals surface area contributed by atoms with Gasteiger partial charge < -0.3 is 10.4 Å². The standard InChI is InChI=1S/C14H22N2O3S/c1-9(16-12-8-13(17)14(12,2)3)10-4-6-11(7-5-10)20(15,18)19/h4-7,9,12-13,16-17H,8H2,1-3H3,(H2,15,18,19). The van der Waals surface area contributed by atoms with Crippen molar-refractivity contribution in [2.45, 2.75) is 50.3 Å². The molecule has 5 nitrogen and oxygen atoms in total. The van der Waals surface area contributed by atoms with Crippen LogP contribution in [0, 0.1) is 5.41 Å². The van der Waals surface area contributed by atoms with Crippen molar-refractivity contribution in [1.82, 2.24) is 5.32 Å². The number of aliphatic hydroxyl groups is 1. The summed E-state index contributed by atoms with van der Waals surface area (Å²) in [5, 5.41) is 18.3. The van der Waals surface area contributed by atoms with Crippen LogP contribution in [0.3, 0.4) is 0 Å². The molecular formula is C14H22N2O3S. The topological polar surface area (TPSA) is 92.4 Å². The number of hydrogen-bond donors (Lipinski definition) is 3. The number of nitrogens with two attached hydrogens (primary N) is 1. The summed E-state index contributed by atoms with van der Waals surface area (Å²) in [4.78, 5) is 0.118. The Morgan fingerprint density at radius 3 is 2.30 bits per heavy atom. The molecule has 1 fully saturated rings. The number of nitrogens with one attached hydrogen (secondary N) is 1. The van der Waals surface area contributed by atoms with Crippen LogP contribution >= 0.6 is 0 Å². The molecule has 1 aliphatic rings. The monoisotopic (exact) mass is 298 g/mol. The Balaban J connectivity index is 2.05. The van der Waals surface area contributed by atoms with Crippen LogP contribution in [-0.4, -0.2) is 25.7 Å². The summed E-state index contributed by atoms with van der Waals surface area (Å²) in [6.45, 7) is 6.10. The fourth-order valence-electron chi connectivity index (χ4n) is 2.53. The fourth-order valence-corrected chi connectivity index (χ4v) is 3.04. The zero-order chi connectivity index (χ0) is 15.1. The Bertz CT molecular complexity index is 581. The first-order chi connectivity index (χ1) is 9.12. The second-order valence-electron chi connectivity index (χ2n) is 6.13. The van der Waals surface area contributed by atoms with Crippen LogP contribution in [0.25, 0.3) is 0 Å². The molecule has 0 bridgehead atoms. The average molecular weight is 298 g/mol. The van der Waals surface area contributed by atoms with E-state index in [0.717, 1.165) is 12.0 Å². The van der Waals surface area contributed by atoms with Crippen molar-refractivity contribution in [3.05, 3.63) is 29.8 Å². The Morgan fingerprint density at radius 1 is 1.35 bits per heavy atom. The van der Waals surface area contributed by atoms with Crippen molar-refractivity contribution in [3.63, 3.8) is 0 Å². The van der Waals surface area contributed by atoms with Crippen molar-refractivity contribution in [2.75, 3.05) is 0 Å². The molecule has 1 aromatic rings. The first kappa shape index (κ1) is 15.4. The molecule has 112 valence electrons. The molecule has 0 radical (unpaired) electrons. The molecular weight excluding hydrogens is 276 g/mol. The van der Waals surface area contributed by atoms with Crippen molar-refractivity contribution in [2.24, 2.45) is 10.6 Å². The summed E-state index contributed by atoms with van der Waals surface area (Å²) in [5.74, 6) is 0. The number of sulfonamides is 1. The molecule has 6 heteroatoms. The third-order valence-corrected chi connectivity index (χ3v) is 5.30. The third-order valence-electron chi connectivity index (χ3n) is 4.38. The molecule has 20 heavy (non-hydrogen) atoms. The lowest BCUT2D eigenvalue weighted by atomic mass is 9.64. The van der Waals surface area contributed by atoms with E-state index in [-0.39, 0.29) is 28.5 Å². The van der Waals surface area contributed by atoms with Crippen molar-refractivity contribution in [1.29, 1.82) is 0 Å². The van der Waals surface area contributed by atoms with E-state index in [2.05, 4.69) is 5.32 Å². The van der Waals surface area contributed by atoms with Crippen LogP contribution in [-0.2, 0) is 10.0 Å². The highest BCUT2D eigenvalue weighted by molar-refractivity contribution is 7.89. The SMILES string of the molecule is CC(NC1CC(O)C1(C)C)c1ccc(S(N)(=O)=O)cc1. The van der Waals surface area contributed by atoms with E-state index in [9.17, 15) is 13.5 Å². The summed E-state index contributed by atoms with van der Waals surface area (Å²) in [6.07, 6.45) is 0.476. The minimum Gasteiger partial charge on any atom is -0.392 e. The van der Waals surface area contributed by atoms with E-state index in [4.69, 9.17) is 5.14 Å².